The summed E-state index contributed by atoms with van der Waals surface area (Å²) in [4.78, 5) is 16.9. The van der Waals surface area contributed by atoms with Gasteiger partial charge in [-0.1, -0.05) is 30.3 Å². The third kappa shape index (κ3) is 4.17. The molecule has 2 N–H and O–H groups in total. The first-order chi connectivity index (χ1) is 12.0. The van der Waals surface area contributed by atoms with E-state index in [0.29, 0.717) is 24.5 Å². The van der Waals surface area contributed by atoms with Crippen LogP contribution in [0.15, 0.2) is 47.1 Å². The average molecular weight is 402 g/mol. The molecular weight excluding hydrogens is 382 g/mol. The van der Waals surface area contributed by atoms with Gasteiger partial charge in [0.2, 0.25) is 0 Å². The van der Waals surface area contributed by atoms with E-state index in [0.717, 1.165) is 15.9 Å². The van der Waals surface area contributed by atoms with Crippen molar-refractivity contribution in [2.24, 2.45) is 0 Å². The molecule has 0 saturated carbocycles. The molecule has 0 aliphatic carbocycles. The molecule has 0 unspecified atom stereocenters. The van der Waals surface area contributed by atoms with Gasteiger partial charge in [0, 0.05) is 35.2 Å². The number of hydrogen-bond donors (Lipinski definition) is 2. The molecule has 0 bridgehead atoms. The van der Waals surface area contributed by atoms with Gasteiger partial charge in [-0.05, 0) is 35.8 Å². The van der Waals surface area contributed by atoms with Crippen LogP contribution in [0.1, 0.15) is 36.2 Å². The summed E-state index contributed by atoms with van der Waals surface area (Å²) in [7, 11) is 0. The average Bonchev–Trinajstić information content (AvgIpc) is 3.22. The van der Waals surface area contributed by atoms with Crippen molar-refractivity contribution in [1.29, 1.82) is 0 Å². The first kappa shape index (κ1) is 17.4. The van der Waals surface area contributed by atoms with E-state index in [9.17, 15) is 4.79 Å². The molecule has 0 aliphatic heterocycles. The summed E-state index contributed by atoms with van der Waals surface area (Å²) in [6.45, 7) is 4.58. The Labute approximate surface area is 154 Å². The van der Waals surface area contributed by atoms with Crippen molar-refractivity contribution in [3.8, 4) is 11.4 Å². The normalized spacial score (nSPS) is 11.0. The fourth-order valence-corrected chi connectivity index (χ4v) is 3.00. The van der Waals surface area contributed by atoms with Crippen LogP contribution in [-0.2, 0) is 6.42 Å². The monoisotopic (exact) mass is 401 g/mol. The fraction of sp³-hybridized carbons (Fsp3) is 0.278. The van der Waals surface area contributed by atoms with E-state index < -0.39 is 0 Å². The molecule has 2 aromatic heterocycles. The van der Waals surface area contributed by atoms with Crippen molar-refractivity contribution in [3.05, 3.63) is 58.6 Å². The number of hydrogen-bond acceptors (Lipinski definition) is 3. The van der Waals surface area contributed by atoms with Crippen molar-refractivity contribution in [1.82, 2.24) is 25.1 Å². The van der Waals surface area contributed by atoms with Crippen LogP contribution in [0.5, 0.6) is 0 Å². The van der Waals surface area contributed by atoms with Gasteiger partial charge < -0.3 is 9.88 Å². The number of nitrogens with one attached hydrogen (secondary N) is 2. The minimum absolute atomic E-state index is 0.0952. The lowest BCUT2D eigenvalue weighted by molar-refractivity contribution is 0.0943. The number of H-pyrrole nitrogens is 1. The largest absolute Gasteiger partial charge is 0.350 e. The predicted octanol–water partition coefficient (Wildman–Crippen LogP) is 3.59. The van der Waals surface area contributed by atoms with Gasteiger partial charge in [-0.3, -0.25) is 9.89 Å². The Bertz CT molecular complexity index is 853. The zero-order valence-electron chi connectivity index (χ0n) is 14.2. The van der Waals surface area contributed by atoms with E-state index in [4.69, 9.17) is 0 Å². The van der Waals surface area contributed by atoms with Crippen molar-refractivity contribution in [2.45, 2.75) is 26.3 Å². The maximum Gasteiger partial charge on any atom is 0.267 e. The number of halogens is 1. The molecular formula is C18H20BrN5O. The van der Waals surface area contributed by atoms with Crippen molar-refractivity contribution in [3.63, 3.8) is 0 Å². The standard InChI is InChI=1S/C18H20BrN5O/c1-12(2)24-11-14(19)10-15(24)18(25)20-9-8-16-21-17(23-22-16)13-6-4-3-5-7-13/h3-7,10-12H,8-9H2,1-2H3,(H,20,25)(H,21,22,23). The van der Waals surface area contributed by atoms with E-state index in [2.05, 4.69) is 36.4 Å². The fourth-order valence-electron chi connectivity index (χ4n) is 2.56. The quantitative estimate of drug-likeness (QED) is 0.662. The highest BCUT2D eigenvalue weighted by Gasteiger charge is 2.15. The molecule has 1 amide bonds. The van der Waals surface area contributed by atoms with Crippen molar-refractivity contribution in [2.75, 3.05) is 6.54 Å². The topological polar surface area (TPSA) is 75.6 Å². The summed E-state index contributed by atoms with van der Waals surface area (Å²) >= 11 is 3.43. The molecule has 1 aromatic carbocycles. The van der Waals surface area contributed by atoms with Crippen LogP contribution in [0, 0.1) is 0 Å². The van der Waals surface area contributed by atoms with Gasteiger partial charge in [0.25, 0.3) is 5.91 Å². The van der Waals surface area contributed by atoms with E-state index >= 15 is 0 Å². The van der Waals surface area contributed by atoms with Crippen LogP contribution in [0.2, 0.25) is 0 Å². The van der Waals surface area contributed by atoms with Crippen LogP contribution in [0.25, 0.3) is 11.4 Å². The second kappa shape index (κ2) is 7.65. The number of amides is 1. The number of carbonyl (C=O) groups is 1. The first-order valence-corrected chi connectivity index (χ1v) is 8.96. The maximum absolute atomic E-state index is 12.4. The van der Waals surface area contributed by atoms with Gasteiger partial charge in [0.15, 0.2) is 5.82 Å². The lowest BCUT2D eigenvalue weighted by Gasteiger charge is -2.12. The van der Waals surface area contributed by atoms with E-state index in [1.807, 2.05) is 61.0 Å². The number of aromatic nitrogens is 4. The van der Waals surface area contributed by atoms with Crippen LogP contribution in [0.4, 0.5) is 0 Å². The molecule has 3 aromatic rings. The molecule has 0 atom stereocenters. The molecule has 7 heteroatoms. The van der Waals surface area contributed by atoms with Crippen molar-refractivity contribution >= 4 is 21.8 Å². The van der Waals surface area contributed by atoms with Gasteiger partial charge in [-0.25, -0.2) is 4.98 Å². The molecule has 0 fully saturated rings. The highest BCUT2D eigenvalue weighted by atomic mass is 79.9. The molecule has 0 saturated heterocycles. The summed E-state index contributed by atoms with van der Waals surface area (Å²) in [6, 6.07) is 11.8. The molecule has 0 spiro atoms. The van der Waals surface area contributed by atoms with E-state index in [1.54, 1.807) is 0 Å². The highest BCUT2D eigenvalue weighted by molar-refractivity contribution is 9.10. The molecule has 6 nitrogen and oxygen atoms in total. The second-order valence-electron chi connectivity index (χ2n) is 6.02. The lowest BCUT2D eigenvalue weighted by atomic mass is 10.2. The number of nitrogens with zero attached hydrogens (tertiary/aromatic N) is 3. The van der Waals surface area contributed by atoms with Crippen LogP contribution in [0.3, 0.4) is 0 Å². The number of carbonyl (C=O) groups excluding carboxylic acids is 1. The Morgan fingerprint density at radius 3 is 2.80 bits per heavy atom. The summed E-state index contributed by atoms with van der Waals surface area (Å²) in [6.07, 6.45) is 2.51. The molecule has 0 aliphatic rings. The zero-order valence-corrected chi connectivity index (χ0v) is 15.7. The summed E-state index contributed by atoms with van der Waals surface area (Å²) < 4.78 is 2.84. The second-order valence-corrected chi connectivity index (χ2v) is 6.94. The van der Waals surface area contributed by atoms with Gasteiger partial charge >= 0.3 is 0 Å². The maximum atomic E-state index is 12.4. The molecule has 2 heterocycles. The number of benzene rings is 1. The van der Waals surface area contributed by atoms with Crippen LogP contribution >= 0.6 is 15.9 Å². The van der Waals surface area contributed by atoms with Crippen LogP contribution < -0.4 is 5.32 Å². The SMILES string of the molecule is CC(C)n1cc(Br)cc1C(=O)NCCc1nc(-c2ccccc2)n[nH]1. The van der Waals surface area contributed by atoms with E-state index in [1.165, 1.54) is 0 Å². The molecule has 130 valence electrons. The molecule has 3 rings (SSSR count). The van der Waals surface area contributed by atoms with Crippen molar-refractivity contribution < 1.29 is 4.79 Å². The van der Waals surface area contributed by atoms with Gasteiger partial charge in [-0.15, -0.1) is 0 Å². The highest BCUT2D eigenvalue weighted by Crippen LogP contribution is 2.19. The third-order valence-electron chi connectivity index (χ3n) is 3.82. The predicted molar refractivity (Wildman–Crippen MR) is 100 cm³/mol. The Hall–Kier alpha value is -2.41. The summed E-state index contributed by atoms with van der Waals surface area (Å²) in [5.74, 6) is 1.32. The summed E-state index contributed by atoms with van der Waals surface area (Å²) in [5, 5.41) is 10.1. The van der Waals surface area contributed by atoms with Gasteiger partial charge in [0.1, 0.15) is 11.5 Å². The zero-order chi connectivity index (χ0) is 17.8. The Morgan fingerprint density at radius 1 is 1.32 bits per heavy atom. The molecule has 25 heavy (non-hydrogen) atoms. The van der Waals surface area contributed by atoms with Crippen LogP contribution in [-0.4, -0.2) is 32.2 Å². The first-order valence-electron chi connectivity index (χ1n) is 8.17. The molecule has 0 radical (unpaired) electrons. The smallest absolute Gasteiger partial charge is 0.267 e. The minimum Gasteiger partial charge on any atom is -0.350 e. The Kier molecular flexibility index (Phi) is 5.33. The number of rotatable bonds is 6. The minimum atomic E-state index is -0.0952. The summed E-state index contributed by atoms with van der Waals surface area (Å²) in [5.41, 5.74) is 1.61. The van der Waals surface area contributed by atoms with Gasteiger partial charge in [0.05, 0.1) is 0 Å². The number of aromatic amines is 1. The van der Waals surface area contributed by atoms with E-state index in [-0.39, 0.29) is 11.9 Å². The third-order valence-corrected chi connectivity index (χ3v) is 4.25. The Morgan fingerprint density at radius 2 is 2.08 bits per heavy atom. The van der Waals surface area contributed by atoms with Gasteiger partial charge in [-0.2, -0.15) is 5.10 Å². The lowest BCUT2D eigenvalue weighted by Crippen LogP contribution is -2.28. The Balaban J connectivity index is 1.58.